The van der Waals surface area contributed by atoms with Gasteiger partial charge in [-0.15, -0.1) is 0 Å². The van der Waals surface area contributed by atoms with E-state index in [-0.39, 0.29) is 49.8 Å². The summed E-state index contributed by atoms with van der Waals surface area (Å²) < 4.78 is 80.3. The SMILES string of the molecule is CC(C)CNc1nc2ccc(S(=O)(=O)N(CC(C)C)C[C@@H](O)[C@@H](CC(=O)O[C@H]3CCO[C@H]4OCC(F)(F)C43)Cc3ccccc3)cc2o1. The molecule has 0 saturated carbocycles. The molecule has 2 saturated heterocycles. The minimum Gasteiger partial charge on any atom is -0.462 e. The number of aliphatic hydroxyl groups excluding tert-OH is 1. The van der Waals surface area contributed by atoms with Gasteiger partial charge in [0.25, 0.3) is 11.9 Å². The summed E-state index contributed by atoms with van der Waals surface area (Å²) in [5.74, 6) is -5.94. The van der Waals surface area contributed by atoms with Crippen LogP contribution in [0.1, 0.15) is 46.1 Å². The zero-order chi connectivity index (χ0) is 34.6. The fourth-order valence-electron chi connectivity index (χ4n) is 6.11. The predicted octanol–water partition coefficient (Wildman–Crippen LogP) is 5.09. The van der Waals surface area contributed by atoms with Crippen molar-refractivity contribution in [3.63, 3.8) is 0 Å². The number of alkyl halides is 2. The number of aliphatic hydroxyl groups is 1. The third-order valence-electron chi connectivity index (χ3n) is 8.52. The number of fused-ring (bicyclic) bond motifs is 2. The molecule has 48 heavy (non-hydrogen) atoms. The molecular weight excluding hydrogens is 648 g/mol. The number of carbonyl (C=O) groups excluding carboxylic acids is 1. The maximum atomic E-state index is 14.6. The van der Waals surface area contributed by atoms with Crippen LogP contribution in [0.2, 0.25) is 0 Å². The molecule has 2 aliphatic rings. The van der Waals surface area contributed by atoms with Crippen LogP contribution >= 0.6 is 0 Å². The fraction of sp³-hybridized carbons (Fsp3) is 0.588. The number of hydrogen-bond donors (Lipinski definition) is 2. The van der Waals surface area contributed by atoms with Crippen LogP contribution in [0, 0.1) is 23.7 Å². The first-order chi connectivity index (χ1) is 22.7. The highest BCUT2D eigenvalue weighted by Crippen LogP contribution is 2.43. The van der Waals surface area contributed by atoms with Crippen molar-refractivity contribution in [3.8, 4) is 0 Å². The van der Waals surface area contributed by atoms with E-state index in [1.165, 1.54) is 16.4 Å². The number of benzene rings is 2. The molecule has 264 valence electrons. The lowest BCUT2D eigenvalue weighted by molar-refractivity contribution is -0.208. The van der Waals surface area contributed by atoms with Crippen molar-refractivity contribution in [2.45, 2.75) is 76.3 Å². The average molecular weight is 694 g/mol. The number of aromatic nitrogens is 1. The number of esters is 1. The summed E-state index contributed by atoms with van der Waals surface area (Å²) in [6.45, 7) is 7.51. The quantitative estimate of drug-likeness (QED) is 0.207. The second kappa shape index (κ2) is 15.2. The van der Waals surface area contributed by atoms with E-state index in [1.54, 1.807) is 6.07 Å². The molecule has 0 bridgehead atoms. The van der Waals surface area contributed by atoms with Crippen molar-refractivity contribution in [2.24, 2.45) is 23.7 Å². The van der Waals surface area contributed by atoms with E-state index in [1.807, 2.05) is 58.0 Å². The third-order valence-corrected chi connectivity index (χ3v) is 10.3. The zero-order valence-electron chi connectivity index (χ0n) is 27.7. The molecule has 0 radical (unpaired) electrons. The molecule has 2 aliphatic heterocycles. The molecule has 0 aliphatic carbocycles. The van der Waals surface area contributed by atoms with E-state index in [2.05, 4.69) is 10.3 Å². The second-order valence-electron chi connectivity index (χ2n) is 13.5. The van der Waals surface area contributed by atoms with Gasteiger partial charge in [0.05, 0.1) is 24.0 Å². The van der Waals surface area contributed by atoms with Crippen LogP contribution in [-0.2, 0) is 35.4 Å². The Balaban J connectivity index is 1.35. The van der Waals surface area contributed by atoms with Crippen LogP contribution in [0.25, 0.3) is 11.1 Å². The van der Waals surface area contributed by atoms with Gasteiger partial charge in [-0.1, -0.05) is 58.0 Å². The highest BCUT2D eigenvalue weighted by molar-refractivity contribution is 7.89. The number of sulfonamides is 1. The summed E-state index contributed by atoms with van der Waals surface area (Å²) >= 11 is 0. The van der Waals surface area contributed by atoms with E-state index in [0.29, 0.717) is 29.6 Å². The average Bonchev–Trinajstić information content (AvgIpc) is 3.59. The van der Waals surface area contributed by atoms with E-state index in [4.69, 9.17) is 18.6 Å². The van der Waals surface area contributed by atoms with Crippen LogP contribution in [-0.4, -0.2) is 86.1 Å². The van der Waals surface area contributed by atoms with E-state index in [0.717, 1.165) is 5.56 Å². The maximum Gasteiger partial charge on any atom is 0.306 e. The Kier molecular flexibility index (Phi) is 11.4. The monoisotopic (exact) mass is 693 g/mol. The second-order valence-corrected chi connectivity index (χ2v) is 15.5. The van der Waals surface area contributed by atoms with Gasteiger partial charge in [-0.3, -0.25) is 4.79 Å². The third kappa shape index (κ3) is 8.70. The minimum absolute atomic E-state index is 0.0257. The minimum atomic E-state index is -4.14. The number of hydrogen-bond acceptors (Lipinski definition) is 10. The smallest absolute Gasteiger partial charge is 0.306 e. The van der Waals surface area contributed by atoms with Crippen molar-refractivity contribution < 1.29 is 45.7 Å². The molecule has 2 aromatic carbocycles. The van der Waals surface area contributed by atoms with Crippen molar-refractivity contribution in [3.05, 3.63) is 54.1 Å². The van der Waals surface area contributed by atoms with E-state index in [9.17, 15) is 27.1 Å². The number of nitrogens with zero attached hydrogens (tertiary/aromatic N) is 2. The van der Waals surface area contributed by atoms with Crippen molar-refractivity contribution in [1.29, 1.82) is 0 Å². The number of nitrogens with one attached hydrogen (secondary N) is 1. The standard InChI is InChI=1S/C34H45F2N3O8S/c1-21(2)17-37-33-38-26-11-10-25(16-29(26)47-33)48(42,43)39(18-22(3)4)19-27(40)24(14-23-8-6-5-7-9-23)15-30(41)46-28-12-13-44-32-31(28)34(35,36)20-45-32/h5-11,16,21-22,24,27-28,31-32,40H,12-15,17-20H2,1-4H3,(H,37,38)/t24-,27-,28+,31?,32+/m1/s1. The zero-order valence-corrected chi connectivity index (χ0v) is 28.5. The van der Waals surface area contributed by atoms with Gasteiger partial charge in [-0.2, -0.15) is 9.29 Å². The van der Waals surface area contributed by atoms with Crippen LogP contribution in [0.3, 0.4) is 0 Å². The van der Waals surface area contributed by atoms with Gasteiger partial charge < -0.3 is 29.1 Å². The summed E-state index contributed by atoms with van der Waals surface area (Å²) in [5.41, 5.74) is 1.60. The van der Waals surface area contributed by atoms with Gasteiger partial charge in [-0.05, 0) is 36.0 Å². The molecule has 11 nitrogen and oxygen atoms in total. The first kappa shape index (κ1) is 36.1. The molecule has 2 fully saturated rings. The Bertz CT molecular complexity index is 1640. The normalized spacial score (nSPS) is 22.2. The fourth-order valence-corrected chi connectivity index (χ4v) is 7.75. The maximum absolute atomic E-state index is 14.6. The lowest BCUT2D eigenvalue weighted by atomic mass is 9.90. The molecule has 0 amide bonds. The Morgan fingerprint density at radius 2 is 1.85 bits per heavy atom. The number of anilines is 1. The highest BCUT2D eigenvalue weighted by Gasteiger charge is 2.58. The highest BCUT2D eigenvalue weighted by atomic mass is 32.2. The van der Waals surface area contributed by atoms with Gasteiger partial charge in [0.1, 0.15) is 24.1 Å². The van der Waals surface area contributed by atoms with Gasteiger partial charge in [0, 0.05) is 38.0 Å². The van der Waals surface area contributed by atoms with Gasteiger partial charge in [-0.25, -0.2) is 17.2 Å². The number of halogens is 2. The first-order valence-electron chi connectivity index (χ1n) is 16.4. The summed E-state index contributed by atoms with van der Waals surface area (Å²) in [5, 5.41) is 14.7. The van der Waals surface area contributed by atoms with E-state index < -0.39 is 58.9 Å². The van der Waals surface area contributed by atoms with Crippen LogP contribution in [0.4, 0.5) is 14.8 Å². The molecule has 14 heteroatoms. The molecule has 2 N–H and O–H groups in total. The largest absolute Gasteiger partial charge is 0.462 e. The molecular formula is C34H45F2N3O8S. The lowest BCUT2D eigenvalue weighted by Gasteiger charge is -2.35. The number of oxazole rings is 1. The lowest BCUT2D eigenvalue weighted by Crippen LogP contribution is -2.47. The Morgan fingerprint density at radius 1 is 1.10 bits per heavy atom. The Labute approximate surface area is 280 Å². The number of ether oxygens (including phenoxy) is 3. The Hall–Kier alpha value is -3.17. The van der Waals surface area contributed by atoms with Gasteiger partial charge in [0.2, 0.25) is 10.0 Å². The van der Waals surface area contributed by atoms with Crippen LogP contribution in [0.15, 0.2) is 57.8 Å². The predicted molar refractivity (Wildman–Crippen MR) is 174 cm³/mol. The molecule has 1 aromatic heterocycles. The molecule has 0 spiro atoms. The van der Waals surface area contributed by atoms with E-state index >= 15 is 0 Å². The van der Waals surface area contributed by atoms with Crippen LogP contribution in [0.5, 0.6) is 0 Å². The van der Waals surface area contributed by atoms with Crippen LogP contribution < -0.4 is 5.32 Å². The molecule has 3 aromatic rings. The topological polar surface area (TPSA) is 140 Å². The summed E-state index contributed by atoms with van der Waals surface area (Å²) in [6, 6.07) is 13.9. The summed E-state index contributed by atoms with van der Waals surface area (Å²) in [4.78, 5) is 17.7. The van der Waals surface area contributed by atoms with Crippen molar-refractivity contribution >= 4 is 33.1 Å². The number of rotatable bonds is 15. The molecule has 5 rings (SSSR count). The molecule has 3 heterocycles. The van der Waals surface area contributed by atoms with Gasteiger partial charge >= 0.3 is 5.97 Å². The molecule has 5 atom stereocenters. The molecule has 1 unspecified atom stereocenters. The summed E-state index contributed by atoms with van der Waals surface area (Å²) in [7, 11) is -4.14. The van der Waals surface area contributed by atoms with Gasteiger partial charge in [0.15, 0.2) is 11.9 Å². The van der Waals surface area contributed by atoms with Crippen molar-refractivity contribution in [1.82, 2.24) is 9.29 Å². The number of carbonyl (C=O) groups is 1. The van der Waals surface area contributed by atoms with Crippen molar-refractivity contribution in [2.75, 3.05) is 38.2 Å². The Morgan fingerprint density at radius 3 is 2.56 bits per heavy atom. The first-order valence-corrected chi connectivity index (χ1v) is 17.8. The summed E-state index contributed by atoms with van der Waals surface area (Å²) in [6.07, 6.45) is -3.58.